The van der Waals surface area contributed by atoms with Crippen molar-refractivity contribution >= 4 is 21.7 Å². The van der Waals surface area contributed by atoms with E-state index in [2.05, 4.69) is 15.0 Å². The van der Waals surface area contributed by atoms with Crippen LogP contribution in [0.5, 0.6) is 0 Å². The quantitative estimate of drug-likeness (QED) is 0.830. The van der Waals surface area contributed by atoms with Gasteiger partial charge >= 0.3 is 0 Å². The Morgan fingerprint density at radius 2 is 2.00 bits per heavy atom. The van der Waals surface area contributed by atoms with Gasteiger partial charge in [-0.05, 0) is 30.7 Å². The summed E-state index contributed by atoms with van der Waals surface area (Å²) in [5, 5.41) is 5.96. The van der Waals surface area contributed by atoms with Crippen molar-refractivity contribution in [3.8, 4) is 0 Å². The molecule has 1 N–H and O–H groups in total. The Kier molecular flexibility index (Phi) is 5.45. The van der Waals surface area contributed by atoms with Crippen molar-refractivity contribution in [3.05, 3.63) is 42.4 Å². The fourth-order valence-corrected chi connectivity index (χ4v) is 3.40. The molecule has 1 aromatic carbocycles. The van der Waals surface area contributed by atoms with Gasteiger partial charge in [0, 0.05) is 12.6 Å². The first-order chi connectivity index (χ1) is 10.9. The Balaban J connectivity index is 2.16. The van der Waals surface area contributed by atoms with Crippen LogP contribution in [0.25, 0.3) is 0 Å². The van der Waals surface area contributed by atoms with Crippen molar-refractivity contribution in [1.29, 1.82) is 0 Å². The lowest BCUT2D eigenvalue weighted by molar-refractivity contribution is -0.116. The van der Waals surface area contributed by atoms with Gasteiger partial charge in [0.1, 0.15) is 12.1 Å². The van der Waals surface area contributed by atoms with Crippen LogP contribution in [0.4, 0.5) is 10.2 Å². The highest BCUT2D eigenvalue weighted by atomic mass is 32.2. The van der Waals surface area contributed by atoms with E-state index < -0.39 is 21.7 Å². The topological polar surface area (TPSA) is 92.5 Å². The molecule has 1 amide bonds. The van der Waals surface area contributed by atoms with Crippen LogP contribution >= 0.6 is 0 Å². The second-order valence-corrected chi connectivity index (χ2v) is 6.66. The van der Waals surface area contributed by atoms with Crippen LogP contribution in [-0.4, -0.2) is 36.9 Å². The third-order valence-electron chi connectivity index (χ3n) is 2.95. The van der Waals surface area contributed by atoms with Crippen LogP contribution in [0, 0.1) is 5.82 Å². The summed E-state index contributed by atoms with van der Waals surface area (Å²) < 4.78 is 43.7. The maximum absolute atomic E-state index is 13.0. The molecule has 9 heteroatoms. The number of amides is 1. The third-order valence-corrected chi connectivity index (χ3v) is 4.81. The number of anilines is 1. The van der Waals surface area contributed by atoms with Crippen molar-refractivity contribution in [1.82, 2.24) is 9.46 Å². The Bertz CT molecular complexity index is 745. The molecule has 0 saturated carbocycles. The van der Waals surface area contributed by atoms with E-state index in [1.807, 2.05) is 0 Å². The van der Waals surface area contributed by atoms with E-state index in [0.29, 0.717) is 6.42 Å². The zero-order valence-electron chi connectivity index (χ0n) is 12.4. The van der Waals surface area contributed by atoms with E-state index in [1.165, 1.54) is 24.5 Å². The number of carbonyl (C=O) groups is 1. The molecule has 0 unspecified atom stereocenters. The lowest BCUT2D eigenvalue weighted by Crippen LogP contribution is -2.38. The second-order valence-electron chi connectivity index (χ2n) is 4.73. The highest BCUT2D eigenvalue weighted by Crippen LogP contribution is 2.16. The molecule has 1 heterocycles. The summed E-state index contributed by atoms with van der Waals surface area (Å²) in [4.78, 5) is 11.9. The minimum absolute atomic E-state index is 0.0680. The number of aromatic nitrogens is 1. The molecule has 0 radical (unpaired) electrons. The molecule has 2 rings (SSSR count). The zero-order valence-corrected chi connectivity index (χ0v) is 13.2. The molecular weight excluding hydrogens is 325 g/mol. The highest BCUT2D eigenvalue weighted by Gasteiger charge is 2.26. The smallest absolute Gasteiger partial charge is 0.243 e. The van der Waals surface area contributed by atoms with Crippen molar-refractivity contribution < 1.29 is 22.1 Å². The number of benzene rings is 1. The van der Waals surface area contributed by atoms with Crippen LogP contribution in [0.1, 0.15) is 13.3 Å². The largest absolute Gasteiger partial charge is 0.363 e. The van der Waals surface area contributed by atoms with E-state index >= 15 is 0 Å². The highest BCUT2D eigenvalue weighted by molar-refractivity contribution is 7.89. The van der Waals surface area contributed by atoms with Gasteiger partial charge in [0.2, 0.25) is 15.9 Å². The van der Waals surface area contributed by atoms with E-state index in [-0.39, 0.29) is 23.8 Å². The van der Waals surface area contributed by atoms with Gasteiger partial charge in [0.25, 0.3) is 0 Å². The van der Waals surface area contributed by atoms with E-state index in [4.69, 9.17) is 0 Å². The summed E-state index contributed by atoms with van der Waals surface area (Å²) in [6.07, 6.45) is 1.81. The monoisotopic (exact) mass is 341 g/mol. The molecule has 0 saturated heterocycles. The number of halogens is 1. The molecule has 23 heavy (non-hydrogen) atoms. The van der Waals surface area contributed by atoms with Crippen molar-refractivity contribution in [3.63, 3.8) is 0 Å². The van der Waals surface area contributed by atoms with Gasteiger partial charge in [0.05, 0.1) is 11.4 Å². The third kappa shape index (κ3) is 4.36. The number of hydrogen-bond acceptors (Lipinski definition) is 5. The lowest BCUT2D eigenvalue weighted by atomic mass is 10.4. The summed E-state index contributed by atoms with van der Waals surface area (Å²) >= 11 is 0. The van der Waals surface area contributed by atoms with Gasteiger partial charge in [-0.1, -0.05) is 12.1 Å². The summed E-state index contributed by atoms with van der Waals surface area (Å²) in [5.74, 6) is -0.876. The molecule has 0 aliphatic carbocycles. The molecule has 0 atom stereocenters. The van der Waals surface area contributed by atoms with Crippen molar-refractivity contribution in [2.24, 2.45) is 0 Å². The lowest BCUT2D eigenvalue weighted by Gasteiger charge is -2.20. The maximum atomic E-state index is 13.0. The van der Waals surface area contributed by atoms with Crippen LogP contribution in [-0.2, 0) is 14.8 Å². The van der Waals surface area contributed by atoms with Crippen LogP contribution in [0.2, 0.25) is 0 Å². The number of rotatable bonds is 7. The second kappa shape index (κ2) is 7.34. The van der Waals surface area contributed by atoms with Gasteiger partial charge in [-0.3, -0.25) is 4.79 Å². The molecule has 124 valence electrons. The van der Waals surface area contributed by atoms with Crippen molar-refractivity contribution in [2.75, 3.05) is 18.4 Å². The van der Waals surface area contributed by atoms with Gasteiger partial charge in [-0.25, -0.2) is 12.8 Å². The molecular formula is C14H16FN3O4S. The summed E-state index contributed by atoms with van der Waals surface area (Å²) in [7, 11) is -3.89. The first-order valence-electron chi connectivity index (χ1n) is 6.89. The molecule has 0 bridgehead atoms. The van der Waals surface area contributed by atoms with E-state index in [0.717, 1.165) is 16.4 Å². The molecule has 7 nitrogen and oxygen atoms in total. The van der Waals surface area contributed by atoms with E-state index in [1.54, 1.807) is 6.92 Å². The molecule has 0 aliphatic rings. The predicted molar refractivity (Wildman–Crippen MR) is 80.6 cm³/mol. The number of sulfonamides is 1. The number of nitrogens with one attached hydrogen (secondary N) is 1. The normalized spacial score (nSPS) is 11.6. The fraction of sp³-hybridized carbons (Fsp3) is 0.286. The summed E-state index contributed by atoms with van der Waals surface area (Å²) in [6.45, 7) is 1.58. The molecule has 0 aliphatic heterocycles. The van der Waals surface area contributed by atoms with Crippen LogP contribution in [0.15, 0.2) is 46.0 Å². The summed E-state index contributed by atoms with van der Waals surface area (Å²) in [6, 6.07) is 5.90. The van der Waals surface area contributed by atoms with Crippen LogP contribution in [0.3, 0.4) is 0 Å². The first kappa shape index (κ1) is 17.1. The molecule has 0 fully saturated rings. The minimum Gasteiger partial charge on any atom is -0.363 e. The van der Waals surface area contributed by atoms with Gasteiger partial charge in [-0.15, -0.1) is 0 Å². The first-order valence-corrected chi connectivity index (χ1v) is 8.33. The number of carbonyl (C=O) groups excluding carboxylic acids is 1. The number of hydrogen-bond donors (Lipinski definition) is 1. The SMILES string of the molecule is CCCN(CC(=O)Nc1ccon1)S(=O)(=O)c1ccc(F)cc1. The minimum atomic E-state index is -3.89. The Labute approximate surface area is 133 Å². The molecule has 0 spiro atoms. The van der Waals surface area contributed by atoms with E-state index in [9.17, 15) is 17.6 Å². The Hall–Kier alpha value is -2.26. The predicted octanol–water partition coefficient (Wildman–Crippen LogP) is 1.85. The number of nitrogens with zero attached hydrogens (tertiary/aromatic N) is 2. The van der Waals surface area contributed by atoms with Crippen molar-refractivity contribution in [2.45, 2.75) is 18.2 Å². The Morgan fingerprint density at radius 3 is 2.57 bits per heavy atom. The van der Waals surface area contributed by atoms with Crippen LogP contribution < -0.4 is 5.32 Å². The maximum Gasteiger partial charge on any atom is 0.243 e. The summed E-state index contributed by atoms with van der Waals surface area (Å²) in [5.41, 5.74) is 0. The standard InChI is InChI=1S/C14H16FN3O4S/c1-2-8-18(10-14(19)16-13-7-9-22-17-13)23(20,21)12-5-3-11(15)4-6-12/h3-7,9H,2,8,10H2,1H3,(H,16,17,19). The average Bonchev–Trinajstić information content (AvgIpc) is 3.00. The molecule has 2 aromatic rings. The van der Waals surface area contributed by atoms with Gasteiger partial charge in [0.15, 0.2) is 5.82 Å². The Morgan fingerprint density at radius 1 is 1.30 bits per heavy atom. The molecule has 1 aromatic heterocycles. The average molecular weight is 341 g/mol. The van der Waals surface area contributed by atoms with Gasteiger partial charge < -0.3 is 9.84 Å². The van der Waals surface area contributed by atoms with Gasteiger partial charge in [-0.2, -0.15) is 4.31 Å². The fourth-order valence-electron chi connectivity index (χ4n) is 1.91. The zero-order chi connectivity index (χ0) is 16.9.